The number of aromatic nitrogens is 1. The van der Waals surface area contributed by atoms with Gasteiger partial charge in [0, 0.05) is 42.5 Å². The molecule has 1 saturated carbocycles. The number of rotatable bonds is 6. The van der Waals surface area contributed by atoms with Crippen molar-refractivity contribution in [3.63, 3.8) is 0 Å². The number of para-hydroxylation sites is 1. The standard InChI is InChI=1S/C29H37N3O3/c1-30(2)17-18-31(3)26-15-16-32-24-19-21(29(33)34)13-14-22(24)27(20-9-5-4-6-10-20)28(32)23-11-7-8-12-25(23)35-26/h7-8,11-14,19-20,26H,4-6,9-10,15-18H2,1-3H3,(H,33,34). The summed E-state index contributed by atoms with van der Waals surface area (Å²) in [5.74, 6) is 0.523. The van der Waals surface area contributed by atoms with Gasteiger partial charge in [-0.2, -0.15) is 0 Å². The van der Waals surface area contributed by atoms with Crippen molar-refractivity contribution in [1.82, 2.24) is 14.4 Å². The first-order valence-electron chi connectivity index (χ1n) is 12.9. The number of aromatic carboxylic acids is 1. The SMILES string of the molecule is CN(C)CCN(C)C1CCn2c(c(C3CCCCC3)c3ccc(C(=O)O)cc32)-c2ccccc2O1. The molecule has 1 fully saturated rings. The number of carbonyl (C=O) groups is 1. The summed E-state index contributed by atoms with van der Waals surface area (Å²) in [5.41, 5.74) is 5.10. The molecule has 1 aliphatic heterocycles. The Bertz CT molecular complexity index is 1210. The van der Waals surface area contributed by atoms with E-state index < -0.39 is 5.97 Å². The second kappa shape index (κ2) is 10.0. The Morgan fingerprint density at radius 2 is 1.80 bits per heavy atom. The van der Waals surface area contributed by atoms with E-state index in [9.17, 15) is 9.90 Å². The topological polar surface area (TPSA) is 57.9 Å². The van der Waals surface area contributed by atoms with Crippen LogP contribution in [0.3, 0.4) is 0 Å². The third kappa shape index (κ3) is 4.69. The molecule has 2 heterocycles. The van der Waals surface area contributed by atoms with E-state index in [1.807, 2.05) is 18.2 Å². The third-order valence-electron chi connectivity index (χ3n) is 7.76. The minimum atomic E-state index is -0.877. The van der Waals surface area contributed by atoms with E-state index >= 15 is 0 Å². The zero-order valence-electron chi connectivity index (χ0n) is 21.2. The average molecular weight is 476 g/mol. The Balaban J connectivity index is 1.67. The van der Waals surface area contributed by atoms with Crippen molar-refractivity contribution < 1.29 is 14.6 Å². The zero-order chi connectivity index (χ0) is 24.5. The molecule has 5 rings (SSSR count). The average Bonchev–Trinajstić information content (AvgIpc) is 3.17. The molecule has 186 valence electrons. The van der Waals surface area contributed by atoms with Crippen LogP contribution in [0.5, 0.6) is 5.75 Å². The number of ether oxygens (including phenoxy) is 1. The summed E-state index contributed by atoms with van der Waals surface area (Å²) in [6, 6.07) is 14.1. The Labute approximate surface area is 208 Å². The molecule has 0 spiro atoms. The normalized spacial score (nSPS) is 18.7. The number of benzene rings is 2. The monoisotopic (exact) mass is 475 g/mol. The van der Waals surface area contributed by atoms with E-state index in [1.165, 1.54) is 48.7 Å². The van der Waals surface area contributed by atoms with Crippen molar-refractivity contribution in [3.8, 4) is 17.0 Å². The van der Waals surface area contributed by atoms with Crippen LogP contribution in [0.15, 0.2) is 42.5 Å². The first-order chi connectivity index (χ1) is 16.9. The van der Waals surface area contributed by atoms with Crippen LogP contribution in [-0.2, 0) is 6.54 Å². The molecule has 1 aliphatic carbocycles. The third-order valence-corrected chi connectivity index (χ3v) is 7.76. The van der Waals surface area contributed by atoms with Gasteiger partial charge in [-0.3, -0.25) is 4.90 Å². The van der Waals surface area contributed by atoms with Gasteiger partial charge in [0.2, 0.25) is 0 Å². The summed E-state index contributed by atoms with van der Waals surface area (Å²) in [5, 5.41) is 10.9. The lowest BCUT2D eigenvalue weighted by molar-refractivity contribution is 0.0304. The van der Waals surface area contributed by atoms with E-state index in [4.69, 9.17) is 4.74 Å². The highest BCUT2D eigenvalue weighted by atomic mass is 16.5. The quantitative estimate of drug-likeness (QED) is 0.499. The number of carboxylic acids is 1. The number of carboxylic acid groups (broad SMARTS) is 1. The van der Waals surface area contributed by atoms with Crippen molar-refractivity contribution >= 4 is 16.9 Å². The van der Waals surface area contributed by atoms with Crippen LogP contribution in [0.25, 0.3) is 22.2 Å². The van der Waals surface area contributed by atoms with Crippen LogP contribution in [-0.4, -0.2) is 65.9 Å². The van der Waals surface area contributed by atoms with Crippen molar-refractivity contribution in [2.75, 3.05) is 34.2 Å². The number of nitrogens with zero attached hydrogens (tertiary/aromatic N) is 3. The number of hydrogen-bond acceptors (Lipinski definition) is 4. The summed E-state index contributed by atoms with van der Waals surface area (Å²) in [7, 11) is 6.31. The van der Waals surface area contributed by atoms with Gasteiger partial charge >= 0.3 is 5.97 Å². The van der Waals surface area contributed by atoms with Crippen LogP contribution < -0.4 is 4.74 Å². The van der Waals surface area contributed by atoms with E-state index in [2.05, 4.69) is 53.7 Å². The minimum absolute atomic E-state index is 0.0533. The van der Waals surface area contributed by atoms with Crippen LogP contribution in [0, 0.1) is 0 Å². The van der Waals surface area contributed by atoms with Crippen LogP contribution in [0.1, 0.15) is 60.4 Å². The molecule has 2 aromatic carbocycles. The van der Waals surface area contributed by atoms with Gasteiger partial charge in [-0.15, -0.1) is 0 Å². The number of likely N-dealkylation sites (N-methyl/N-ethyl adjacent to an activating group) is 2. The van der Waals surface area contributed by atoms with Crippen molar-refractivity contribution in [3.05, 3.63) is 53.6 Å². The van der Waals surface area contributed by atoms with Gasteiger partial charge in [0.05, 0.1) is 11.3 Å². The van der Waals surface area contributed by atoms with E-state index in [1.54, 1.807) is 6.07 Å². The maximum Gasteiger partial charge on any atom is 0.335 e. The summed E-state index contributed by atoms with van der Waals surface area (Å²) in [4.78, 5) is 16.4. The molecule has 0 radical (unpaired) electrons. The van der Waals surface area contributed by atoms with E-state index in [-0.39, 0.29) is 6.23 Å². The first-order valence-corrected chi connectivity index (χ1v) is 12.9. The van der Waals surface area contributed by atoms with Crippen molar-refractivity contribution in [2.45, 2.75) is 57.2 Å². The Morgan fingerprint density at radius 3 is 2.54 bits per heavy atom. The van der Waals surface area contributed by atoms with Crippen LogP contribution in [0.2, 0.25) is 0 Å². The fourth-order valence-corrected chi connectivity index (χ4v) is 5.86. The molecule has 0 bridgehead atoms. The number of hydrogen-bond donors (Lipinski definition) is 1. The van der Waals surface area contributed by atoms with Gasteiger partial charge in [0.1, 0.15) is 5.75 Å². The lowest BCUT2D eigenvalue weighted by Gasteiger charge is -2.33. The van der Waals surface area contributed by atoms with Gasteiger partial charge in [-0.25, -0.2) is 4.79 Å². The lowest BCUT2D eigenvalue weighted by Crippen LogP contribution is -2.41. The highest BCUT2D eigenvalue weighted by Crippen LogP contribution is 2.47. The number of fused-ring (bicyclic) bond motifs is 5. The van der Waals surface area contributed by atoms with E-state index in [0.717, 1.165) is 42.9 Å². The molecule has 6 heteroatoms. The molecular formula is C29H37N3O3. The van der Waals surface area contributed by atoms with Gasteiger partial charge < -0.3 is 19.3 Å². The lowest BCUT2D eigenvalue weighted by atomic mass is 9.81. The molecule has 1 unspecified atom stereocenters. The van der Waals surface area contributed by atoms with E-state index in [0.29, 0.717) is 11.5 Å². The van der Waals surface area contributed by atoms with Crippen molar-refractivity contribution in [1.29, 1.82) is 0 Å². The Kier molecular flexibility index (Phi) is 6.85. The number of aryl methyl sites for hydroxylation is 1. The Hall–Kier alpha value is -2.83. The fourth-order valence-electron chi connectivity index (χ4n) is 5.86. The smallest absolute Gasteiger partial charge is 0.335 e. The predicted molar refractivity (Wildman–Crippen MR) is 140 cm³/mol. The summed E-state index contributed by atoms with van der Waals surface area (Å²) in [6.07, 6.45) is 6.95. The molecule has 1 aromatic heterocycles. The molecule has 2 aliphatic rings. The molecule has 0 amide bonds. The summed E-state index contributed by atoms with van der Waals surface area (Å²) >= 11 is 0. The van der Waals surface area contributed by atoms with Gasteiger partial charge in [0.25, 0.3) is 0 Å². The fraction of sp³-hybridized carbons (Fsp3) is 0.483. The highest BCUT2D eigenvalue weighted by molar-refractivity contribution is 5.98. The highest BCUT2D eigenvalue weighted by Gasteiger charge is 2.31. The molecule has 3 aromatic rings. The summed E-state index contributed by atoms with van der Waals surface area (Å²) < 4.78 is 9.08. The van der Waals surface area contributed by atoms with Gasteiger partial charge in [0.15, 0.2) is 6.23 Å². The largest absolute Gasteiger partial charge is 0.478 e. The predicted octanol–water partition coefficient (Wildman–Crippen LogP) is 5.66. The van der Waals surface area contributed by atoms with Gasteiger partial charge in [-0.1, -0.05) is 37.5 Å². The minimum Gasteiger partial charge on any atom is -0.478 e. The Morgan fingerprint density at radius 1 is 1.03 bits per heavy atom. The van der Waals surface area contributed by atoms with Gasteiger partial charge in [-0.05, 0) is 69.7 Å². The van der Waals surface area contributed by atoms with Crippen molar-refractivity contribution in [2.24, 2.45) is 0 Å². The zero-order valence-corrected chi connectivity index (χ0v) is 21.2. The first kappa shape index (κ1) is 23.9. The maximum atomic E-state index is 11.9. The second-order valence-corrected chi connectivity index (χ2v) is 10.4. The van der Waals surface area contributed by atoms with Crippen LogP contribution in [0.4, 0.5) is 0 Å². The second-order valence-electron chi connectivity index (χ2n) is 10.4. The molecular weight excluding hydrogens is 438 g/mol. The molecule has 6 nitrogen and oxygen atoms in total. The van der Waals surface area contributed by atoms with Crippen LogP contribution >= 0.6 is 0 Å². The molecule has 1 atom stereocenters. The molecule has 35 heavy (non-hydrogen) atoms. The molecule has 0 saturated heterocycles. The summed E-state index contributed by atoms with van der Waals surface area (Å²) in [6.45, 7) is 2.66. The maximum absolute atomic E-state index is 11.9. The molecule has 1 N–H and O–H groups in total.